The Bertz CT molecular complexity index is 1220. The van der Waals surface area contributed by atoms with Gasteiger partial charge in [-0.1, -0.05) is 26.0 Å². The van der Waals surface area contributed by atoms with Crippen molar-refractivity contribution in [3.63, 3.8) is 0 Å². The quantitative estimate of drug-likeness (QED) is 0.247. The molecule has 2 N–H and O–H groups in total. The third kappa shape index (κ3) is 6.62. The highest BCUT2D eigenvalue weighted by molar-refractivity contribution is 6.10. The van der Waals surface area contributed by atoms with E-state index in [2.05, 4.69) is 21.3 Å². The second kappa shape index (κ2) is 12.8. The number of nitriles is 1. The van der Waals surface area contributed by atoms with Gasteiger partial charge in [0.25, 0.3) is 0 Å². The van der Waals surface area contributed by atoms with Gasteiger partial charge >= 0.3 is 5.97 Å². The Labute approximate surface area is 219 Å². The molecule has 0 spiro atoms. The molecule has 0 amide bonds. The van der Waals surface area contributed by atoms with E-state index in [-0.39, 0.29) is 24.1 Å². The molecular weight excluding hydrogens is 464 g/mol. The molecule has 0 saturated carbocycles. The summed E-state index contributed by atoms with van der Waals surface area (Å²) in [5.41, 5.74) is 3.46. The van der Waals surface area contributed by atoms with Gasteiger partial charge in [-0.25, -0.2) is 14.8 Å². The molecule has 1 saturated heterocycles. The number of hydrogen-bond donors (Lipinski definition) is 2. The Morgan fingerprint density at radius 3 is 2.59 bits per heavy atom. The monoisotopic (exact) mass is 500 g/mol. The number of piperidine rings is 1. The van der Waals surface area contributed by atoms with Crippen LogP contribution in [0, 0.1) is 28.6 Å². The van der Waals surface area contributed by atoms with Crippen molar-refractivity contribution in [2.75, 3.05) is 29.9 Å². The fourth-order valence-corrected chi connectivity index (χ4v) is 4.23. The Morgan fingerprint density at radius 1 is 1.32 bits per heavy atom. The van der Waals surface area contributed by atoms with Crippen LogP contribution < -0.4 is 10.2 Å². The van der Waals surface area contributed by atoms with Crippen molar-refractivity contribution in [3.05, 3.63) is 59.6 Å². The topological polar surface area (TPSA) is 115 Å². The summed E-state index contributed by atoms with van der Waals surface area (Å²) in [6, 6.07) is 7.97. The molecule has 194 valence electrons. The van der Waals surface area contributed by atoms with Crippen molar-refractivity contribution < 1.29 is 9.53 Å². The lowest BCUT2D eigenvalue weighted by Gasteiger charge is -2.30. The fourth-order valence-electron chi connectivity index (χ4n) is 4.23. The first-order chi connectivity index (χ1) is 17.8. The highest BCUT2D eigenvalue weighted by atomic mass is 16.5. The zero-order valence-electron chi connectivity index (χ0n) is 22.3. The molecular formula is C29H36N6O2. The molecule has 0 radical (unpaired) electrons. The molecule has 0 bridgehead atoms. The molecule has 8 heteroatoms. The number of carbonyl (C=O) groups is 1. The molecule has 0 atom stereocenters. The highest BCUT2D eigenvalue weighted by Crippen LogP contribution is 2.33. The van der Waals surface area contributed by atoms with E-state index in [4.69, 9.17) is 15.1 Å². The zero-order chi connectivity index (χ0) is 26.9. The first-order valence-electron chi connectivity index (χ1n) is 12.8. The van der Waals surface area contributed by atoms with E-state index in [0.717, 1.165) is 43.0 Å². The summed E-state index contributed by atoms with van der Waals surface area (Å²) in [5, 5.41) is 21.4. The van der Waals surface area contributed by atoms with Crippen LogP contribution in [0.3, 0.4) is 0 Å². The van der Waals surface area contributed by atoms with Gasteiger partial charge in [0, 0.05) is 47.7 Å². The van der Waals surface area contributed by atoms with Gasteiger partial charge in [0.1, 0.15) is 11.6 Å². The Kier molecular flexibility index (Phi) is 9.56. The molecule has 0 aromatic carbocycles. The first-order valence-corrected chi connectivity index (χ1v) is 12.8. The number of rotatable bonds is 9. The smallest absolute Gasteiger partial charge is 0.357 e. The van der Waals surface area contributed by atoms with E-state index in [1.54, 1.807) is 19.2 Å². The second-order valence-corrected chi connectivity index (χ2v) is 9.23. The lowest BCUT2D eigenvalue weighted by atomic mass is 9.92. The van der Waals surface area contributed by atoms with Gasteiger partial charge in [-0.2, -0.15) is 5.26 Å². The molecule has 1 aliphatic heterocycles. The predicted octanol–water partition coefficient (Wildman–Crippen LogP) is 5.98. The van der Waals surface area contributed by atoms with Crippen LogP contribution in [0.25, 0.3) is 11.1 Å². The number of allylic oxidation sites excluding steroid dienone is 3. The number of carbonyl (C=O) groups excluding carboxylic acids is 1. The third-order valence-corrected chi connectivity index (χ3v) is 6.33. The molecule has 1 aliphatic rings. The molecule has 2 aromatic heterocycles. The maximum Gasteiger partial charge on any atom is 0.357 e. The van der Waals surface area contributed by atoms with Crippen molar-refractivity contribution in [2.45, 2.75) is 47.5 Å². The highest BCUT2D eigenvalue weighted by Gasteiger charge is 2.24. The molecule has 0 aliphatic carbocycles. The van der Waals surface area contributed by atoms with Crippen LogP contribution in [-0.4, -0.2) is 41.3 Å². The van der Waals surface area contributed by atoms with Gasteiger partial charge in [0.05, 0.1) is 12.7 Å². The summed E-state index contributed by atoms with van der Waals surface area (Å²) in [5.74, 6) is 0.788. The average molecular weight is 501 g/mol. The number of nitrogens with zero attached hydrogens (tertiary/aromatic N) is 4. The van der Waals surface area contributed by atoms with Gasteiger partial charge in [-0.3, -0.25) is 0 Å². The molecule has 37 heavy (non-hydrogen) atoms. The lowest BCUT2D eigenvalue weighted by Crippen LogP contribution is -2.33. The van der Waals surface area contributed by atoms with Crippen LogP contribution in [0.2, 0.25) is 0 Å². The number of anilines is 2. The summed E-state index contributed by atoms with van der Waals surface area (Å²) in [4.78, 5) is 24.3. The summed E-state index contributed by atoms with van der Waals surface area (Å²) >= 11 is 0. The summed E-state index contributed by atoms with van der Waals surface area (Å²) in [6.45, 7) is 11.3. The minimum Gasteiger partial charge on any atom is -0.461 e. The number of hydrogen-bond acceptors (Lipinski definition) is 8. The molecule has 3 heterocycles. The van der Waals surface area contributed by atoms with E-state index in [1.807, 2.05) is 58.1 Å². The maximum atomic E-state index is 12.7. The van der Waals surface area contributed by atoms with Crippen molar-refractivity contribution in [2.24, 2.45) is 11.8 Å². The van der Waals surface area contributed by atoms with Gasteiger partial charge in [0.2, 0.25) is 0 Å². The zero-order valence-corrected chi connectivity index (χ0v) is 22.3. The van der Waals surface area contributed by atoms with Crippen LogP contribution in [0.15, 0.2) is 48.3 Å². The van der Waals surface area contributed by atoms with Gasteiger partial charge in [0.15, 0.2) is 5.69 Å². The van der Waals surface area contributed by atoms with Crippen LogP contribution in [0.5, 0.6) is 0 Å². The van der Waals surface area contributed by atoms with Crippen LogP contribution in [0.1, 0.15) is 63.5 Å². The molecule has 2 aromatic rings. The Morgan fingerprint density at radius 2 is 2.05 bits per heavy atom. The molecule has 8 nitrogen and oxygen atoms in total. The average Bonchev–Trinajstić information content (AvgIpc) is 2.92. The summed E-state index contributed by atoms with van der Waals surface area (Å²) < 4.78 is 5.26. The summed E-state index contributed by atoms with van der Waals surface area (Å²) in [6.07, 6.45) is 9.17. The Hall–Kier alpha value is -3.99. The summed E-state index contributed by atoms with van der Waals surface area (Å²) in [7, 11) is 0. The SMILES string of the molecule is C/C=C/C(=C\C)Nc1nc(C(=O)OCC)cc(-c2ccc(N3CCC(C#N)CC3)nc2)c1C(=N)C(C)C. The normalized spacial score (nSPS) is 14.6. The van der Waals surface area contributed by atoms with E-state index < -0.39 is 5.97 Å². The lowest BCUT2D eigenvalue weighted by molar-refractivity contribution is 0.0519. The van der Waals surface area contributed by atoms with Gasteiger partial charge in [-0.05, 0) is 69.4 Å². The third-order valence-electron chi connectivity index (χ3n) is 6.33. The largest absolute Gasteiger partial charge is 0.461 e. The van der Waals surface area contributed by atoms with Crippen molar-refractivity contribution in [1.29, 1.82) is 10.7 Å². The number of pyridine rings is 2. The molecule has 1 fully saturated rings. The van der Waals surface area contributed by atoms with E-state index >= 15 is 0 Å². The number of esters is 1. The van der Waals surface area contributed by atoms with Crippen LogP contribution in [0.4, 0.5) is 11.6 Å². The Balaban J connectivity index is 2.12. The maximum absolute atomic E-state index is 12.7. The van der Waals surface area contributed by atoms with Crippen molar-refractivity contribution in [1.82, 2.24) is 9.97 Å². The predicted molar refractivity (Wildman–Crippen MR) is 148 cm³/mol. The number of nitrogens with one attached hydrogen (secondary N) is 2. The first kappa shape index (κ1) is 27.6. The van der Waals surface area contributed by atoms with E-state index in [9.17, 15) is 10.1 Å². The van der Waals surface area contributed by atoms with Crippen molar-refractivity contribution >= 4 is 23.3 Å². The second-order valence-electron chi connectivity index (χ2n) is 9.23. The van der Waals surface area contributed by atoms with Crippen LogP contribution >= 0.6 is 0 Å². The minimum absolute atomic E-state index is 0.0704. The van der Waals surface area contributed by atoms with Gasteiger partial charge in [-0.15, -0.1) is 0 Å². The van der Waals surface area contributed by atoms with E-state index in [0.29, 0.717) is 22.7 Å². The number of aromatic nitrogens is 2. The van der Waals surface area contributed by atoms with Crippen LogP contribution in [-0.2, 0) is 4.74 Å². The number of ether oxygens (including phenoxy) is 1. The van der Waals surface area contributed by atoms with Gasteiger partial charge < -0.3 is 20.4 Å². The molecule has 3 rings (SSSR count). The standard InChI is InChI=1S/C29H36N6O2/c1-6-9-22(7-2)33-28-26(27(31)19(4)5)23(16-24(34-28)29(36)37-8-3)21-10-11-25(32-18-21)35-14-12-20(17-30)13-15-35/h6-7,9-11,16,18-20,31H,8,12-15H2,1-5H3,(H,33,34)/b9-6+,22-7+,31-27?. The minimum atomic E-state index is -0.521. The van der Waals surface area contributed by atoms with Crippen molar-refractivity contribution in [3.8, 4) is 17.2 Å². The molecule has 0 unspecified atom stereocenters. The fraction of sp³-hybridized carbons (Fsp3) is 0.414. The van der Waals surface area contributed by atoms with E-state index in [1.165, 1.54) is 0 Å².